The van der Waals surface area contributed by atoms with Gasteiger partial charge in [-0.15, -0.1) is 0 Å². The average Bonchev–Trinajstić information content (AvgIpc) is 3.13. The summed E-state index contributed by atoms with van der Waals surface area (Å²) >= 11 is 0. The van der Waals surface area contributed by atoms with Gasteiger partial charge in [-0.05, 0) is 55.5 Å². The molecule has 1 aromatic heterocycles. The third kappa shape index (κ3) is 5.37. The van der Waals surface area contributed by atoms with E-state index < -0.39 is 18.5 Å². The van der Waals surface area contributed by atoms with Gasteiger partial charge in [0.25, 0.3) is 5.91 Å². The van der Waals surface area contributed by atoms with E-state index in [1.807, 2.05) is 30.3 Å². The molecule has 3 aromatic rings. The molecule has 1 amide bonds. The molecule has 1 N–H and O–H groups in total. The van der Waals surface area contributed by atoms with Crippen molar-refractivity contribution in [2.75, 3.05) is 11.9 Å². The molecular weight excluding hydrogens is 346 g/mol. The summed E-state index contributed by atoms with van der Waals surface area (Å²) in [6.07, 6.45) is 0. The number of carbonyl (C=O) groups is 2. The number of ether oxygens (including phenoxy) is 1. The second-order valence-corrected chi connectivity index (χ2v) is 5.62. The normalized spacial score (nSPS) is 10.7. The zero-order chi connectivity index (χ0) is 19.1. The highest BCUT2D eigenvalue weighted by Crippen LogP contribution is 2.20. The molecule has 0 radical (unpaired) electrons. The Bertz CT molecular complexity index is 947. The molecular formula is C20H17N3O4. The molecule has 0 saturated heterocycles. The van der Waals surface area contributed by atoms with Gasteiger partial charge in [0.15, 0.2) is 6.61 Å². The first-order valence-corrected chi connectivity index (χ1v) is 8.20. The third-order valence-electron chi connectivity index (χ3n) is 3.46. The molecule has 0 bridgehead atoms. The number of carbonyl (C=O) groups excluding carboxylic acids is 2. The molecule has 7 heteroatoms. The highest BCUT2D eigenvalue weighted by atomic mass is 16.5. The number of nitrogens with one attached hydrogen (secondary N) is 1. The molecule has 0 aliphatic carbocycles. The topological polar surface area (TPSA) is 93.3 Å². The minimum absolute atomic E-state index is 0.0634. The predicted molar refractivity (Wildman–Crippen MR) is 99.4 cm³/mol. The molecule has 7 nitrogen and oxygen atoms in total. The number of furan rings is 1. The van der Waals surface area contributed by atoms with Gasteiger partial charge in [-0.25, -0.2) is 4.79 Å². The van der Waals surface area contributed by atoms with Gasteiger partial charge in [-0.3, -0.25) is 4.79 Å². The van der Waals surface area contributed by atoms with Crippen molar-refractivity contribution in [1.29, 1.82) is 0 Å². The minimum atomic E-state index is -0.685. The van der Waals surface area contributed by atoms with E-state index in [1.165, 1.54) is 6.07 Å². The second kappa shape index (κ2) is 8.57. The summed E-state index contributed by atoms with van der Waals surface area (Å²) in [6.45, 7) is 1.31. The number of benzene rings is 2. The SMILES string of the molecule is Cc1ccc(C(=O)OCC(=O)Nc2ccc(N=Nc3ccccc3)cc2)o1. The van der Waals surface area contributed by atoms with E-state index in [0.29, 0.717) is 17.1 Å². The lowest BCUT2D eigenvalue weighted by molar-refractivity contribution is -0.119. The highest BCUT2D eigenvalue weighted by Gasteiger charge is 2.13. The van der Waals surface area contributed by atoms with Crippen molar-refractivity contribution in [1.82, 2.24) is 0 Å². The fourth-order valence-electron chi connectivity index (χ4n) is 2.17. The van der Waals surface area contributed by atoms with Crippen molar-refractivity contribution in [2.24, 2.45) is 10.2 Å². The Balaban J connectivity index is 1.49. The van der Waals surface area contributed by atoms with E-state index in [9.17, 15) is 9.59 Å². The predicted octanol–water partition coefficient (Wildman–Crippen LogP) is 4.80. The van der Waals surface area contributed by atoms with Crippen molar-refractivity contribution >= 4 is 28.9 Å². The summed E-state index contributed by atoms with van der Waals surface area (Å²) in [6, 6.07) is 19.3. The monoisotopic (exact) mass is 363 g/mol. The Morgan fingerprint density at radius 1 is 0.926 bits per heavy atom. The molecule has 136 valence electrons. The molecule has 1 heterocycles. The standard InChI is InChI=1S/C20H17N3O4/c1-14-7-12-18(27-14)20(25)26-13-19(24)21-15-8-10-17(11-9-15)23-22-16-5-3-2-4-6-16/h2-12H,13H2,1H3,(H,21,24). The van der Waals surface area contributed by atoms with Crippen molar-refractivity contribution < 1.29 is 18.7 Å². The molecule has 3 rings (SSSR count). The molecule has 0 spiro atoms. The zero-order valence-corrected chi connectivity index (χ0v) is 14.6. The third-order valence-corrected chi connectivity index (χ3v) is 3.46. The van der Waals surface area contributed by atoms with Crippen LogP contribution in [-0.4, -0.2) is 18.5 Å². The van der Waals surface area contributed by atoms with E-state index >= 15 is 0 Å². The van der Waals surface area contributed by atoms with Crippen LogP contribution in [0.3, 0.4) is 0 Å². The Hall–Kier alpha value is -3.74. The van der Waals surface area contributed by atoms with Gasteiger partial charge in [0.2, 0.25) is 5.76 Å². The number of hydrogen-bond acceptors (Lipinski definition) is 6. The Labute approximate surface area is 155 Å². The summed E-state index contributed by atoms with van der Waals surface area (Å²) in [4.78, 5) is 23.6. The van der Waals surface area contributed by atoms with Crippen LogP contribution in [0.5, 0.6) is 0 Å². The van der Waals surface area contributed by atoms with Gasteiger partial charge >= 0.3 is 5.97 Å². The minimum Gasteiger partial charge on any atom is -0.454 e. The summed E-state index contributed by atoms with van der Waals surface area (Å²) in [5.41, 5.74) is 1.96. The first-order valence-electron chi connectivity index (χ1n) is 8.20. The lowest BCUT2D eigenvalue weighted by atomic mass is 10.3. The van der Waals surface area contributed by atoms with Crippen molar-refractivity contribution in [2.45, 2.75) is 6.92 Å². The number of nitrogens with zero attached hydrogens (tertiary/aromatic N) is 2. The Morgan fingerprint density at radius 2 is 1.59 bits per heavy atom. The molecule has 0 unspecified atom stereocenters. The van der Waals surface area contributed by atoms with Crippen LogP contribution in [0, 0.1) is 6.92 Å². The number of anilines is 1. The molecule has 0 aliphatic heterocycles. The van der Waals surface area contributed by atoms with Gasteiger partial charge in [0, 0.05) is 5.69 Å². The summed E-state index contributed by atoms with van der Waals surface area (Å²) in [5.74, 6) is -0.482. The van der Waals surface area contributed by atoms with E-state index in [1.54, 1.807) is 37.3 Å². The molecule has 27 heavy (non-hydrogen) atoms. The maximum atomic E-state index is 11.9. The van der Waals surface area contributed by atoms with E-state index in [4.69, 9.17) is 9.15 Å². The molecule has 0 atom stereocenters. The fourth-order valence-corrected chi connectivity index (χ4v) is 2.17. The van der Waals surface area contributed by atoms with E-state index in [-0.39, 0.29) is 5.76 Å². The molecule has 0 fully saturated rings. The first kappa shape index (κ1) is 18.1. The quantitative estimate of drug-likeness (QED) is 0.503. The maximum absolute atomic E-state index is 11.9. The van der Waals surface area contributed by atoms with Gasteiger partial charge in [-0.2, -0.15) is 10.2 Å². The van der Waals surface area contributed by atoms with Crippen molar-refractivity contribution in [3.05, 3.63) is 78.3 Å². The number of azo groups is 1. The number of rotatable bonds is 6. The zero-order valence-electron chi connectivity index (χ0n) is 14.6. The van der Waals surface area contributed by atoms with Gasteiger partial charge in [0.1, 0.15) is 5.76 Å². The lowest BCUT2D eigenvalue weighted by Gasteiger charge is -2.06. The van der Waals surface area contributed by atoms with E-state index in [0.717, 1.165) is 5.69 Å². The van der Waals surface area contributed by atoms with Crippen LogP contribution < -0.4 is 5.32 Å². The van der Waals surface area contributed by atoms with Gasteiger partial charge in [0.05, 0.1) is 11.4 Å². The van der Waals surface area contributed by atoms with Crippen molar-refractivity contribution in [3.63, 3.8) is 0 Å². The molecule has 0 saturated carbocycles. The first-order chi connectivity index (χ1) is 13.1. The number of amides is 1. The lowest BCUT2D eigenvalue weighted by Crippen LogP contribution is -2.20. The fraction of sp³-hybridized carbons (Fsp3) is 0.100. The van der Waals surface area contributed by atoms with Crippen LogP contribution in [0.2, 0.25) is 0 Å². The van der Waals surface area contributed by atoms with Crippen LogP contribution in [0.15, 0.2) is 81.4 Å². The van der Waals surface area contributed by atoms with Crippen LogP contribution in [0.25, 0.3) is 0 Å². The van der Waals surface area contributed by atoms with Gasteiger partial charge in [-0.1, -0.05) is 18.2 Å². The highest BCUT2D eigenvalue weighted by molar-refractivity contribution is 5.94. The number of esters is 1. The Morgan fingerprint density at radius 3 is 2.22 bits per heavy atom. The van der Waals surface area contributed by atoms with E-state index in [2.05, 4.69) is 15.5 Å². The van der Waals surface area contributed by atoms with Crippen LogP contribution >= 0.6 is 0 Å². The number of aryl methyl sites for hydroxylation is 1. The average molecular weight is 363 g/mol. The largest absolute Gasteiger partial charge is 0.454 e. The molecule has 0 aliphatic rings. The van der Waals surface area contributed by atoms with Crippen LogP contribution in [0.1, 0.15) is 16.3 Å². The van der Waals surface area contributed by atoms with Crippen LogP contribution in [-0.2, 0) is 9.53 Å². The maximum Gasteiger partial charge on any atom is 0.374 e. The second-order valence-electron chi connectivity index (χ2n) is 5.62. The van der Waals surface area contributed by atoms with Crippen LogP contribution in [0.4, 0.5) is 17.1 Å². The van der Waals surface area contributed by atoms with Gasteiger partial charge < -0.3 is 14.5 Å². The number of hydrogen-bond donors (Lipinski definition) is 1. The Kier molecular flexibility index (Phi) is 5.73. The van der Waals surface area contributed by atoms with Crippen molar-refractivity contribution in [3.8, 4) is 0 Å². The molecule has 2 aromatic carbocycles. The summed E-state index contributed by atoms with van der Waals surface area (Å²) in [7, 11) is 0. The summed E-state index contributed by atoms with van der Waals surface area (Å²) < 4.78 is 10.0. The smallest absolute Gasteiger partial charge is 0.374 e. The summed E-state index contributed by atoms with van der Waals surface area (Å²) in [5, 5.41) is 10.9.